The molecule has 0 bridgehead atoms. The van der Waals surface area contributed by atoms with Crippen molar-refractivity contribution in [3.05, 3.63) is 84.9 Å². The Balaban J connectivity index is 1.66. The van der Waals surface area contributed by atoms with Crippen LogP contribution in [-0.2, 0) is 16.4 Å². The number of benzene rings is 3. The standard InChI is InChI=1S/C23H18N2O2S/c26-28(27,18-9-2-1-3-10-18)15-14-25-22-13-7-5-11-19(22)20-16-17-8-4-6-12-21(17)24-23(20)25/h1-13,16H,14-15H2. The van der Waals surface area contributed by atoms with Gasteiger partial charge in [-0.2, -0.15) is 0 Å². The summed E-state index contributed by atoms with van der Waals surface area (Å²) >= 11 is 0. The number of sulfone groups is 1. The fraction of sp³-hybridized carbons (Fsp3) is 0.0870. The summed E-state index contributed by atoms with van der Waals surface area (Å²) in [6.45, 7) is 0.354. The minimum atomic E-state index is -3.36. The summed E-state index contributed by atoms with van der Waals surface area (Å²) in [4.78, 5) is 5.21. The lowest BCUT2D eigenvalue weighted by Gasteiger charge is -2.08. The zero-order valence-electron chi connectivity index (χ0n) is 15.1. The molecule has 0 atom stereocenters. The maximum absolute atomic E-state index is 12.8. The van der Waals surface area contributed by atoms with Gasteiger partial charge in [0.1, 0.15) is 5.65 Å². The van der Waals surface area contributed by atoms with Gasteiger partial charge in [-0.1, -0.05) is 54.6 Å². The van der Waals surface area contributed by atoms with Gasteiger partial charge in [-0.3, -0.25) is 0 Å². The first kappa shape index (κ1) is 17.0. The smallest absolute Gasteiger partial charge is 0.180 e. The van der Waals surface area contributed by atoms with Crippen LogP contribution < -0.4 is 0 Å². The third-order valence-corrected chi connectivity index (χ3v) is 6.84. The molecule has 2 aromatic heterocycles. The Hall–Kier alpha value is -3.18. The molecule has 138 valence electrons. The summed E-state index contributed by atoms with van der Waals surface area (Å²) in [6.07, 6.45) is 0. The Morgan fingerprint density at radius 2 is 1.50 bits per heavy atom. The van der Waals surface area contributed by atoms with E-state index in [9.17, 15) is 8.42 Å². The van der Waals surface area contributed by atoms with Crippen LogP contribution in [0.5, 0.6) is 0 Å². The second kappa shape index (κ2) is 6.46. The van der Waals surface area contributed by atoms with E-state index in [-0.39, 0.29) is 5.75 Å². The van der Waals surface area contributed by atoms with Crippen molar-refractivity contribution < 1.29 is 8.42 Å². The van der Waals surface area contributed by atoms with Crippen LogP contribution in [0.1, 0.15) is 0 Å². The maximum atomic E-state index is 12.8. The van der Waals surface area contributed by atoms with E-state index in [0.717, 1.165) is 32.8 Å². The summed E-state index contributed by atoms with van der Waals surface area (Å²) in [6, 6.07) is 26.8. The van der Waals surface area contributed by atoms with E-state index in [0.29, 0.717) is 11.4 Å². The van der Waals surface area contributed by atoms with Crippen molar-refractivity contribution >= 4 is 42.7 Å². The molecule has 28 heavy (non-hydrogen) atoms. The lowest BCUT2D eigenvalue weighted by atomic mass is 10.1. The maximum Gasteiger partial charge on any atom is 0.180 e. The van der Waals surface area contributed by atoms with E-state index in [4.69, 9.17) is 4.98 Å². The molecule has 0 amide bonds. The third kappa shape index (κ3) is 2.75. The number of aromatic nitrogens is 2. The van der Waals surface area contributed by atoms with Crippen LogP contribution in [0.4, 0.5) is 0 Å². The molecule has 0 aliphatic rings. The first-order valence-electron chi connectivity index (χ1n) is 9.18. The van der Waals surface area contributed by atoms with Crippen molar-refractivity contribution in [1.29, 1.82) is 0 Å². The van der Waals surface area contributed by atoms with Gasteiger partial charge >= 0.3 is 0 Å². The van der Waals surface area contributed by atoms with Crippen LogP contribution in [0.15, 0.2) is 89.8 Å². The van der Waals surface area contributed by atoms with Crippen molar-refractivity contribution in [1.82, 2.24) is 9.55 Å². The molecule has 5 rings (SSSR count). The molecule has 5 aromatic rings. The van der Waals surface area contributed by atoms with E-state index in [1.54, 1.807) is 24.3 Å². The van der Waals surface area contributed by atoms with Gasteiger partial charge in [-0.05, 0) is 30.3 Å². The van der Waals surface area contributed by atoms with E-state index < -0.39 is 9.84 Å². The SMILES string of the molecule is O=S(=O)(CCn1c2ccccc2c2cc3ccccc3nc21)c1ccccc1. The Kier molecular flexibility index (Phi) is 3.91. The molecule has 0 saturated heterocycles. The number of nitrogens with zero attached hydrogens (tertiary/aromatic N) is 2. The molecule has 0 radical (unpaired) electrons. The van der Waals surface area contributed by atoms with Crippen molar-refractivity contribution in [2.75, 3.05) is 5.75 Å². The lowest BCUT2D eigenvalue weighted by molar-refractivity contribution is 0.591. The first-order valence-corrected chi connectivity index (χ1v) is 10.8. The number of pyridine rings is 1. The highest BCUT2D eigenvalue weighted by Gasteiger charge is 2.17. The molecule has 0 unspecified atom stereocenters. The number of hydrogen-bond acceptors (Lipinski definition) is 3. The average molecular weight is 386 g/mol. The van der Waals surface area contributed by atoms with Crippen molar-refractivity contribution in [2.24, 2.45) is 0 Å². The lowest BCUT2D eigenvalue weighted by Crippen LogP contribution is -2.13. The summed E-state index contributed by atoms with van der Waals surface area (Å²) in [5, 5.41) is 3.22. The van der Waals surface area contributed by atoms with E-state index in [1.165, 1.54) is 0 Å². The Morgan fingerprint density at radius 3 is 2.36 bits per heavy atom. The predicted octanol–water partition coefficient (Wildman–Crippen LogP) is 4.82. The summed E-state index contributed by atoms with van der Waals surface area (Å²) in [7, 11) is -3.36. The summed E-state index contributed by atoms with van der Waals surface area (Å²) in [5.41, 5.74) is 2.73. The van der Waals surface area contributed by atoms with Crippen LogP contribution >= 0.6 is 0 Å². The van der Waals surface area contributed by atoms with E-state index >= 15 is 0 Å². The number of rotatable bonds is 4. The van der Waals surface area contributed by atoms with Crippen molar-refractivity contribution in [3.8, 4) is 0 Å². The number of aryl methyl sites for hydroxylation is 1. The molecule has 0 aliphatic carbocycles. The fourth-order valence-corrected chi connectivity index (χ4v) is 4.97. The zero-order chi connectivity index (χ0) is 19.1. The van der Waals surface area contributed by atoms with Gasteiger partial charge < -0.3 is 4.57 Å². The van der Waals surface area contributed by atoms with Crippen LogP contribution in [-0.4, -0.2) is 23.7 Å². The fourth-order valence-electron chi connectivity index (χ4n) is 3.74. The van der Waals surface area contributed by atoms with Gasteiger partial charge in [0.05, 0.1) is 21.7 Å². The zero-order valence-corrected chi connectivity index (χ0v) is 15.9. The van der Waals surface area contributed by atoms with Gasteiger partial charge in [0.15, 0.2) is 9.84 Å². The monoisotopic (exact) mass is 386 g/mol. The normalized spacial score (nSPS) is 12.1. The topological polar surface area (TPSA) is 52.0 Å². The largest absolute Gasteiger partial charge is 0.324 e. The Morgan fingerprint density at radius 1 is 0.786 bits per heavy atom. The second-order valence-corrected chi connectivity index (χ2v) is 8.96. The van der Waals surface area contributed by atoms with Crippen molar-refractivity contribution in [2.45, 2.75) is 11.4 Å². The van der Waals surface area contributed by atoms with Gasteiger partial charge in [0.2, 0.25) is 0 Å². The Bertz CT molecular complexity index is 1420. The average Bonchev–Trinajstić information content (AvgIpc) is 3.04. The highest BCUT2D eigenvalue weighted by molar-refractivity contribution is 7.91. The molecule has 0 aliphatic heterocycles. The van der Waals surface area contributed by atoms with Gasteiger partial charge in [-0.25, -0.2) is 13.4 Å². The van der Waals surface area contributed by atoms with E-state index in [2.05, 4.69) is 12.1 Å². The molecule has 0 N–H and O–H groups in total. The summed E-state index contributed by atoms with van der Waals surface area (Å²) in [5.74, 6) is 0.0271. The van der Waals surface area contributed by atoms with E-state index in [1.807, 2.05) is 53.1 Å². The molecule has 0 fully saturated rings. The minimum absolute atomic E-state index is 0.0271. The number of para-hydroxylation sites is 2. The summed E-state index contributed by atoms with van der Waals surface area (Å²) < 4.78 is 27.6. The molecule has 0 saturated carbocycles. The van der Waals surface area contributed by atoms with Crippen LogP contribution in [0.3, 0.4) is 0 Å². The van der Waals surface area contributed by atoms with Gasteiger partial charge in [-0.15, -0.1) is 0 Å². The van der Waals surface area contributed by atoms with Crippen LogP contribution in [0, 0.1) is 0 Å². The third-order valence-electron chi connectivity index (χ3n) is 5.13. The molecular weight excluding hydrogens is 368 g/mol. The van der Waals surface area contributed by atoms with Gasteiger partial charge in [0, 0.05) is 22.7 Å². The number of fused-ring (bicyclic) bond motifs is 4. The van der Waals surface area contributed by atoms with Crippen molar-refractivity contribution in [3.63, 3.8) is 0 Å². The van der Waals surface area contributed by atoms with Crippen LogP contribution in [0.25, 0.3) is 32.8 Å². The molecule has 2 heterocycles. The first-order chi connectivity index (χ1) is 13.6. The second-order valence-electron chi connectivity index (χ2n) is 6.85. The molecule has 0 spiro atoms. The highest BCUT2D eigenvalue weighted by atomic mass is 32.2. The number of hydrogen-bond donors (Lipinski definition) is 0. The quantitative estimate of drug-likeness (QED) is 0.445. The highest BCUT2D eigenvalue weighted by Crippen LogP contribution is 2.30. The molecule has 5 heteroatoms. The predicted molar refractivity (Wildman–Crippen MR) is 113 cm³/mol. The van der Waals surface area contributed by atoms with Crippen LogP contribution in [0.2, 0.25) is 0 Å². The molecule has 4 nitrogen and oxygen atoms in total. The Labute approximate surface area is 163 Å². The molecule has 3 aromatic carbocycles. The molecular formula is C23H18N2O2S. The van der Waals surface area contributed by atoms with Gasteiger partial charge in [0.25, 0.3) is 0 Å². The minimum Gasteiger partial charge on any atom is -0.324 e.